The van der Waals surface area contributed by atoms with Gasteiger partial charge in [0.2, 0.25) is 0 Å². The highest BCUT2D eigenvalue weighted by atomic mass is 16.5. The topological polar surface area (TPSA) is 49.7 Å². The van der Waals surface area contributed by atoms with Gasteiger partial charge in [0.15, 0.2) is 0 Å². The Morgan fingerprint density at radius 2 is 2.00 bits per heavy atom. The van der Waals surface area contributed by atoms with Gasteiger partial charge in [0.05, 0.1) is 19.8 Å². The Kier molecular flexibility index (Phi) is 5.04. The van der Waals surface area contributed by atoms with Crippen molar-refractivity contribution in [2.75, 3.05) is 13.2 Å². The molecule has 2 N–H and O–H groups in total. The number of aliphatic hydroxyl groups excluding tert-OH is 2. The van der Waals surface area contributed by atoms with Gasteiger partial charge >= 0.3 is 0 Å². The molecule has 15 heavy (non-hydrogen) atoms. The van der Waals surface area contributed by atoms with Crippen molar-refractivity contribution in [3.63, 3.8) is 0 Å². The van der Waals surface area contributed by atoms with Gasteiger partial charge in [0, 0.05) is 0 Å². The summed E-state index contributed by atoms with van der Waals surface area (Å²) in [7, 11) is 0. The molecule has 1 aromatic rings. The van der Waals surface area contributed by atoms with Crippen LogP contribution in [0.5, 0.6) is 0 Å². The van der Waals surface area contributed by atoms with Gasteiger partial charge in [0.25, 0.3) is 0 Å². The smallest absolute Gasteiger partial charge is 0.100 e. The highest BCUT2D eigenvalue weighted by Crippen LogP contribution is 2.06. The van der Waals surface area contributed by atoms with Gasteiger partial charge in [-0.25, -0.2) is 0 Å². The Hall–Kier alpha value is -1.16. The standard InChI is InChI=1S/C12H16O3/c1-2-10-3-5-11(6-4-10)8-15-9-12(14)7-13/h2-6,12-14H,1,7-9H2. The number of benzene rings is 1. The van der Waals surface area contributed by atoms with Crippen LogP contribution in [0.2, 0.25) is 0 Å². The summed E-state index contributed by atoms with van der Waals surface area (Å²) >= 11 is 0. The first-order chi connectivity index (χ1) is 7.26. The molecule has 1 aromatic carbocycles. The minimum absolute atomic E-state index is 0.152. The van der Waals surface area contributed by atoms with Gasteiger partial charge in [0.1, 0.15) is 6.10 Å². The molecule has 0 saturated heterocycles. The zero-order valence-corrected chi connectivity index (χ0v) is 8.60. The molecule has 1 rings (SSSR count). The predicted molar refractivity (Wildman–Crippen MR) is 59.3 cm³/mol. The zero-order chi connectivity index (χ0) is 11.1. The SMILES string of the molecule is C=Cc1ccc(COCC(O)CO)cc1. The molecule has 3 nitrogen and oxygen atoms in total. The van der Waals surface area contributed by atoms with E-state index in [4.69, 9.17) is 14.9 Å². The number of hydrogen-bond acceptors (Lipinski definition) is 3. The minimum atomic E-state index is -0.794. The van der Waals surface area contributed by atoms with Crippen LogP contribution in [-0.2, 0) is 11.3 Å². The molecule has 0 radical (unpaired) electrons. The Morgan fingerprint density at radius 1 is 1.33 bits per heavy atom. The largest absolute Gasteiger partial charge is 0.394 e. The normalized spacial score (nSPS) is 12.4. The average molecular weight is 208 g/mol. The van der Waals surface area contributed by atoms with Gasteiger partial charge < -0.3 is 14.9 Å². The van der Waals surface area contributed by atoms with Crippen LogP contribution in [-0.4, -0.2) is 29.5 Å². The van der Waals surface area contributed by atoms with Gasteiger partial charge in [-0.1, -0.05) is 36.9 Å². The predicted octanol–water partition coefficient (Wildman–Crippen LogP) is 1.20. The Bertz CT molecular complexity index is 292. The molecule has 3 heteroatoms. The molecule has 0 aromatic heterocycles. The van der Waals surface area contributed by atoms with Crippen LogP contribution in [0.4, 0.5) is 0 Å². The summed E-state index contributed by atoms with van der Waals surface area (Å²) in [6.45, 7) is 3.99. The highest BCUT2D eigenvalue weighted by molar-refractivity contribution is 5.47. The first-order valence-corrected chi connectivity index (χ1v) is 4.84. The summed E-state index contributed by atoms with van der Waals surface area (Å²) in [6, 6.07) is 7.80. The fourth-order valence-corrected chi connectivity index (χ4v) is 1.12. The molecule has 1 atom stereocenters. The van der Waals surface area contributed by atoms with E-state index in [-0.39, 0.29) is 13.2 Å². The van der Waals surface area contributed by atoms with Crippen molar-refractivity contribution in [2.24, 2.45) is 0 Å². The Morgan fingerprint density at radius 3 is 2.53 bits per heavy atom. The summed E-state index contributed by atoms with van der Waals surface area (Å²) in [5, 5.41) is 17.6. The molecule has 0 bridgehead atoms. The molecular weight excluding hydrogens is 192 g/mol. The van der Waals surface area contributed by atoms with Crippen molar-refractivity contribution >= 4 is 6.08 Å². The van der Waals surface area contributed by atoms with Crippen LogP contribution in [0.3, 0.4) is 0 Å². The molecule has 0 amide bonds. The molecule has 0 heterocycles. The molecule has 0 aliphatic rings. The van der Waals surface area contributed by atoms with Crippen molar-refractivity contribution in [1.82, 2.24) is 0 Å². The molecule has 0 fully saturated rings. The van der Waals surface area contributed by atoms with Gasteiger partial charge in [-0.05, 0) is 11.1 Å². The zero-order valence-electron chi connectivity index (χ0n) is 8.60. The Balaban J connectivity index is 2.34. The molecular formula is C12H16O3. The van der Waals surface area contributed by atoms with Gasteiger partial charge in [-0.15, -0.1) is 0 Å². The lowest BCUT2D eigenvalue weighted by Crippen LogP contribution is -2.19. The van der Waals surface area contributed by atoms with E-state index in [1.165, 1.54) is 0 Å². The number of aliphatic hydroxyl groups is 2. The summed E-state index contributed by atoms with van der Waals surface area (Å²) in [4.78, 5) is 0. The van der Waals surface area contributed by atoms with E-state index in [0.29, 0.717) is 6.61 Å². The maximum Gasteiger partial charge on any atom is 0.100 e. The quantitative estimate of drug-likeness (QED) is 0.738. The second-order valence-corrected chi connectivity index (χ2v) is 3.30. The van der Waals surface area contributed by atoms with E-state index in [1.807, 2.05) is 24.3 Å². The fraction of sp³-hybridized carbons (Fsp3) is 0.333. The number of rotatable bonds is 6. The maximum absolute atomic E-state index is 9.03. The first-order valence-electron chi connectivity index (χ1n) is 4.84. The summed E-state index contributed by atoms with van der Waals surface area (Å²) < 4.78 is 5.21. The van der Waals surface area contributed by atoms with E-state index in [0.717, 1.165) is 11.1 Å². The van der Waals surface area contributed by atoms with E-state index in [1.54, 1.807) is 6.08 Å². The second kappa shape index (κ2) is 6.35. The van der Waals surface area contributed by atoms with Crippen LogP contribution < -0.4 is 0 Å². The van der Waals surface area contributed by atoms with Gasteiger partial charge in [-0.3, -0.25) is 0 Å². The third-order valence-electron chi connectivity index (χ3n) is 2.01. The van der Waals surface area contributed by atoms with Crippen LogP contribution in [0.15, 0.2) is 30.8 Å². The van der Waals surface area contributed by atoms with E-state index >= 15 is 0 Å². The van der Waals surface area contributed by atoms with E-state index < -0.39 is 6.10 Å². The summed E-state index contributed by atoms with van der Waals surface area (Å²) in [5.74, 6) is 0. The van der Waals surface area contributed by atoms with Gasteiger partial charge in [-0.2, -0.15) is 0 Å². The van der Waals surface area contributed by atoms with Crippen LogP contribution in [0.1, 0.15) is 11.1 Å². The van der Waals surface area contributed by atoms with Crippen molar-refractivity contribution < 1.29 is 14.9 Å². The number of hydrogen-bond donors (Lipinski definition) is 2. The third kappa shape index (κ3) is 4.25. The molecule has 82 valence electrons. The maximum atomic E-state index is 9.03. The van der Waals surface area contributed by atoms with Crippen molar-refractivity contribution in [2.45, 2.75) is 12.7 Å². The monoisotopic (exact) mass is 208 g/mol. The van der Waals surface area contributed by atoms with Crippen molar-refractivity contribution in [3.05, 3.63) is 42.0 Å². The lowest BCUT2D eigenvalue weighted by atomic mass is 10.1. The molecule has 0 aliphatic heterocycles. The minimum Gasteiger partial charge on any atom is -0.394 e. The summed E-state index contributed by atoms with van der Waals surface area (Å²) in [6.07, 6.45) is 0.984. The second-order valence-electron chi connectivity index (χ2n) is 3.30. The number of ether oxygens (including phenoxy) is 1. The van der Waals surface area contributed by atoms with Crippen LogP contribution >= 0.6 is 0 Å². The van der Waals surface area contributed by atoms with Crippen LogP contribution in [0.25, 0.3) is 6.08 Å². The molecule has 1 unspecified atom stereocenters. The summed E-state index contributed by atoms with van der Waals surface area (Å²) in [5.41, 5.74) is 2.10. The van der Waals surface area contributed by atoms with E-state index in [9.17, 15) is 0 Å². The molecule has 0 spiro atoms. The molecule has 0 saturated carbocycles. The first kappa shape index (κ1) is 11.9. The van der Waals surface area contributed by atoms with Crippen LogP contribution in [0, 0.1) is 0 Å². The fourth-order valence-electron chi connectivity index (χ4n) is 1.12. The third-order valence-corrected chi connectivity index (χ3v) is 2.01. The lowest BCUT2D eigenvalue weighted by Gasteiger charge is -2.08. The molecule has 0 aliphatic carbocycles. The van der Waals surface area contributed by atoms with Crippen molar-refractivity contribution in [3.8, 4) is 0 Å². The lowest BCUT2D eigenvalue weighted by molar-refractivity contribution is 0.0000246. The Labute approximate surface area is 89.6 Å². The van der Waals surface area contributed by atoms with Crippen molar-refractivity contribution in [1.29, 1.82) is 0 Å². The average Bonchev–Trinajstić information content (AvgIpc) is 2.29. The van der Waals surface area contributed by atoms with E-state index in [2.05, 4.69) is 6.58 Å². The highest BCUT2D eigenvalue weighted by Gasteiger charge is 2.01.